The van der Waals surface area contributed by atoms with Crippen LogP contribution in [-0.2, 0) is 32.7 Å². The highest BCUT2D eigenvalue weighted by Gasteiger charge is 2.27. The van der Waals surface area contributed by atoms with Gasteiger partial charge in [0.25, 0.3) is 0 Å². The molecule has 84 heavy (non-hydrogen) atoms. The van der Waals surface area contributed by atoms with Crippen molar-refractivity contribution in [3.63, 3.8) is 0 Å². The summed E-state index contributed by atoms with van der Waals surface area (Å²) in [7, 11) is 1.46. The number of phosphoric ester groups is 1. The summed E-state index contributed by atoms with van der Waals surface area (Å²) in [6, 6.07) is 0. The zero-order valence-electron chi connectivity index (χ0n) is 54.9. The highest BCUT2D eigenvalue weighted by molar-refractivity contribution is 7.47. The van der Waals surface area contributed by atoms with Crippen LogP contribution in [0.2, 0.25) is 0 Å². The first kappa shape index (κ1) is 80.4. The van der Waals surface area contributed by atoms with Gasteiger partial charge in [0.15, 0.2) is 6.10 Å². The minimum Gasteiger partial charge on any atom is -0.462 e. The predicted molar refractivity (Wildman–Crippen MR) is 362 cm³/mol. The zero-order valence-corrected chi connectivity index (χ0v) is 55.7. The lowest BCUT2D eigenvalue weighted by Gasteiger charge is -2.24. The van der Waals surface area contributed by atoms with E-state index >= 15 is 0 Å². The molecule has 0 saturated carbocycles. The molecule has 0 aromatic heterocycles. The number of phosphoric acid groups is 1. The van der Waals surface area contributed by atoms with Crippen molar-refractivity contribution in [3.05, 3.63) is 122 Å². The van der Waals surface area contributed by atoms with Crippen molar-refractivity contribution in [2.24, 2.45) is 0 Å². The summed E-state index contributed by atoms with van der Waals surface area (Å²) in [4.78, 5) is 35.9. The van der Waals surface area contributed by atoms with Gasteiger partial charge >= 0.3 is 19.8 Å². The van der Waals surface area contributed by atoms with E-state index < -0.39 is 26.5 Å². The fraction of sp³-hybridized carbons (Fsp3) is 0.703. The highest BCUT2D eigenvalue weighted by Crippen LogP contribution is 2.43. The Morgan fingerprint density at radius 2 is 0.679 bits per heavy atom. The first-order chi connectivity index (χ1) is 41.0. The van der Waals surface area contributed by atoms with E-state index in [4.69, 9.17) is 18.5 Å². The molecule has 0 aromatic carbocycles. The second kappa shape index (κ2) is 63.9. The third kappa shape index (κ3) is 67.5. The molecule has 0 aliphatic rings. The zero-order chi connectivity index (χ0) is 61.2. The number of esters is 2. The number of likely N-dealkylation sites (N-methyl/N-ethyl adjacent to an activating group) is 1. The van der Waals surface area contributed by atoms with Gasteiger partial charge in [-0.1, -0.05) is 283 Å². The van der Waals surface area contributed by atoms with Crippen molar-refractivity contribution in [2.75, 3.05) is 47.5 Å². The van der Waals surface area contributed by atoms with E-state index in [2.05, 4.69) is 135 Å². The Morgan fingerprint density at radius 1 is 0.381 bits per heavy atom. The Morgan fingerprint density at radius 3 is 1.01 bits per heavy atom. The lowest BCUT2D eigenvalue weighted by atomic mass is 10.0. The number of ether oxygens (including phenoxy) is 2. The van der Waals surface area contributed by atoms with Gasteiger partial charge < -0.3 is 18.9 Å². The van der Waals surface area contributed by atoms with Crippen LogP contribution in [0.25, 0.3) is 0 Å². The fourth-order valence-electron chi connectivity index (χ4n) is 9.24. The maximum atomic E-state index is 12.9. The van der Waals surface area contributed by atoms with Crippen LogP contribution in [0.5, 0.6) is 0 Å². The van der Waals surface area contributed by atoms with Crippen molar-refractivity contribution >= 4 is 19.8 Å². The molecule has 482 valence electrons. The molecule has 0 aromatic rings. The quantitative estimate of drug-likeness (QED) is 0.0211. The molecule has 1 N–H and O–H groups in total. The van der Waals surface area contributed by atoms with Crippen LogP contribution in [-0.4, -0.2) is 74.9 Å². The molecular weight excluding hydrogens is 1060 g/mol. The summed E-state index contributed by atoms with van der Waals surface area (Å²) in [5.74, 6) is -0.806. The normalized spacial score (nSPS) is 13.9. The van der Waals surface area contributed by atoms with Crippen molar-refractivity contribution in [1.29, 1.82) is 0 Å². The molecule has 0 amide bonds. The summed E-state index contributed by atoms with van der Waals surface area (Å²) in [5.41, 5.74) is 0. The second-order valence-electron chi connectivity index (χ2n) is 23.8. The number of rotatable bonds is 62. The Bertz CT molecular complexity index is 1830. The summed E-state index contributed by atoms with van der Waals surface area (Å²) in [5, 5.41) is 0. The minimum atomic E-state index is -4.40. The topological polar surface area (TPSA) is 108 Å². The molecule has 0 saturated heterocycles. The first-order valence-electron chi connectivity index (χ1n) is 34.3. The van der Waals surface area contributed by atoms with Gasteiger partial charge in [0.1, 0.15) is 19.8 Å². The van der Waals surface area contributed by atoms with Crippen LogP contribution in [0.4, 0.5) is 0 Å². The number of hydrogen-bond donors (Lipinski definition) is 1. The maximum absolute atomic E-state index is 12.9. The molecular formula is C74H129NO8P+. The van der Waals surface area contributed by atoms with Gasteiger partial charge in [-0.25, -0.2) is 4.57 Å². The molecule has 0 aliphatic heterocycles. The lowest BCUT2D eigenvalue weighted by molar-refractivity contribution is -0.870. The highest BCUT2D eigenvalue weighted by atomic mass is 31.2. The van der Waals surface area contributed by atoms with Crippen LogP contribution in [0, 0.1) is 0 Å². The Labute approximate surface area is 518 Å². The summed E-state index contributed by atoms with van der Waals surface area (Å²) in [6.45, 7) is 4.31. The van der Waals surface area contributed by atoms with E-state index in [1.165, 1.54) is 148 Å². The molecule has 2 atom stereocenters. The van der Waals surface area contributed by atoms with Crippen LogP contribution >= 0.6 is 7.82 Å². The number of carbonyl (C=O) groups is 2. The molecule has 0 radical (unpaired) electrons. The molecule has 0 heterocycles. The molecule has 9 nitrogen and oxygen atoms in total. The number of unbranched alkanes of at least 4 members (excludes halogenated alkanes) is 28. The smallest absolute Gasteiger partial charge is 0.462 e. The lowest BCUT2D eigenvalue weighted by Crippen LogP contribution is -2.37. The molecule has 0 fully saturated rings. The summed E-state index contributed by atoms with van der Waals surface area (Å²) >= 11 is 0. The van der Waals surface area contributed by atoms with Crippen LogP contribution in [0.15, 0.2) is 122 Å². The van der Waals surface area contributed by atoms with Gasteiger partial charge in [-0.2, -0.15) is 0 Å². The molecule has 2 unspecified atom stereocenters. The van der Waals surface area contributed by atoms with Crippen LogP contribution < -0.4 is 0 Å². The van der Waals surface area contributed by atoms with E-state index in [0.29, 0.717) is 17.4 Å². The van der Waals surface area contributed by atoms with Gasteiger partial charge in [-0.3, -0.25) is 18.6 Å². The van der Waals surface area contributed by atoms with E-state index in [0.717, 1.165) is 103 Å². The van der Waals surface area contributed by atoms with E-state index in [1.807, 2.05) is 21.1 Å². The van der Waals surface area contributed by atoms with Crippen molar-refractivity contribution < 1.29 is 42.1 Å². The standard InChI is InChI=1S/C74H128NO8P/c1-6-8-10-12-14-16-18-20-22-24-26-28-30-32-34-35-36-37-38-39-41-43-45-47-49-51-53-55-57-59-61-63-65-67-74(77)83-72(71-82-84(78,79)81-69-68-75(3,4)5)70-80-73(76)66-64-62-60-58-56-54-52-50-48-46-44-42-40-33-31-29-27-25-23-21-19-17-15-13-11-9-7-2/h8,10,14,16,19-22,25-28,32,34,36-37,39,41,45,47,72H,6-7,9,11-13,15,17-18,23-24,29-31,33,35,38,40,42-44,46,48-71H2,1-5H3/p+1/b10-8-,16-14-,21-19-,22-20-,27-25-,28-26-,34-32-,37-36-,41-39-,47-45-. The minimum absolute atomic E-state index is 0.0248. The van der Waals surface area contributed by atoms with Gasteiger partial charge in [-0.15, -0.1) is 0 Å². The molecule has 10 heteroatoms. The Balaban J connectivity index is 4.13. The SMILES string of the molecule is CC/C=C\C/C=C\C/C=C\C/C=C\C/C=C\C/C=C\C/C=C\C/C=C\CCCCCCCCCCC(=O)OC(COC(=O)CCCCCCCCCCCCCCCCC/C=C\C/C=C\CCCCCCC)COP(=O)(O)OCC[N+](C)(C)C. The monoisotopic (exact) mass is 1190 g/mol. The van der Waals surface area contributed by atoms with Gasteiger partial charge in [0.2, 0.25) is 0 Å². The summed E-state index contributed by atoms with van der Waals surface area (Å²) < 4.78 is 34.7. The number of hydrogen-bond acceptors (Lipinski definition) is 7. The molecule has 0 rings (SSSR count). The average molecular weight is 1190 g/mol. The van der Waals surface area contributed by atoms with Gasteiger partial charge in [-0.05, 0) is 109 Å². The number of nitrogens with zero attached hydrogens (tertiary/aromatic N) is 1. The third-order valence-electron chi connectivity index (χ3n) is 14.5. The molecule has 0 aliphatic carbocycles. The Kier molecular flexibility index (Phi) is 61.2. The van der Waals surface area contributed by atoms with Crippen molar-refractivity contribution in [2.45, 2.75) is 290 Å². The second-order valence-corrected chi connectivity index (χ2v) is 25.3. The Hall–Kier alpha value is -3.59. The van der Waals surface area contributed by atoms with E-state index in [1.54, 1.807) is 0 Å². The third-order valence-corrected chi connectivity index (χ3v) is 15.5. The number of allylic oxidation sites excluding steroid dienone is 20. The number of carbonyl (C=O) groups excluding carboxylic acids is 2. The van der Waals surface area contributed by atoms with Crippen molar-refractivity contribution in [3.8, 4) is 0 Å². The first-order valence-corrected chi connectivity index (χ1v) is 35.8. The fourth-order valence-corrected chi connectivity index (χ4v) is 9.98. The maximum Gasteiger partial charge on any atom is 0.472 e. The van der Waals surface area contributed by atoms with E-state index in [9.17, 15) is 19.0 Å². The summed E-state index contributed by atoms with van der Waals surface area (Å²) in [6.07, 6.45) is 91.4. The predicted octanol–water partition coefficient (Wildman–Crippen LogP) is 22.3. The van der Waals surface area contributed by atoms with Crippen molar-refractivity contribution in [1.82, 2.24) is 0 Å². The molecule has 0 spiro atoms. The van der Waals surface area contributed by atoms with Gasteiger partial charge in [0.05, 0.1) is 27.7 Å². The van der Waals surface area contributed by atoms with E-state index in [-0.39, 0.29) is 32.0 Å². The van der Waals surface area contributed by atoms with Gasteiger partial charge in [0, 0.05) is 12.8 Å². The van der Waals surface area contributed by atoms with Crippen LogP contribution in [0.3, 0.4) is 0 Å². The van der Waals surface area contributed by atoms with Crippen LogP contribution in [0.1, 0.15) is 284 Å². The number of quaternary nitrogens is 1. The largest absolute Gasteiger partial charge is 0.472 e. The average Bonchev–Trinajstić information content (AvgIpc) is 3.61. The molecule has 0 bridgehead atoms.